The van der Waals surface area contributed by atoms with E-state index in [0.717, 1.165) is 48.4 Å². The third-order valence-corrected chi connectivity index (χ3v) is 4.40. The van der Waals surface area contributed by atoms with Crippen LogP contribution in [0, 0.1) is 0 Å². The van der Waals surface area contributed by atoms with Gasteiger partial charge in [0.25, 0.3) is 0 Å². The molecule has 0 amide bonds. The van der Waals surface area contributed by atoms with Crippen LogP contribution in [-0.2, 0) is 0 Å². The predicted molar refractivity (Wildman–Crippen MR) is 77.9 cm³/mol. The molecule has 0 spiro atoms. The van der Waals surface area contributed by atoms with Crippen LogP contribution in [0.1, 0.15) is 50.3 Å². The molecule has 0 bridgehead atoms. The lowest BCUT2D eigenvalue weighted by atomic mass is 9.93. The molecule has 2 aromatic rings. The summed E-state index contributed by atoms with van der Waals surface area (Å²) < 4.78 is 5.78. The smallest absolute Gasteiger partial charge is 0.198 e. The van der Waals surface area contributed by atoms with Gasteiger partial charge in [-0.15, -0.1) is 0 Å². The van der Waals surface area contributed by atoms with E-state index in [9.17, 15) is 5.11 Å². The van der Waals surface area contributed by atoms with E-state index in [0.29, 0.717) is 12.0 Å². The van der Waals surface area contributed by atoms with Crippen LogP contribution in [0.3, 0.4) is 0 Å². The number of aliphatic hydroxyl groups is 1. The summed E-state index contributed by atoms with van der Waals surface area (Å²) >= 11 is 0. The van der Waals surface area contributed by atoms with Crippen molar-refractivity contribution in [2.45, 2.75) is 56.6 Å². The van der Waals surface area contributed by atoms with Gasteiger partial charge in [0.05, 0.1) is 6.10 Å². The van der Waals surface area contributed by atoms with E-state index in [1.54, 1.807) is 0 Å². The average Bonchev–Trinajstić information content (AvgIpc) is 3.21. The Morgan fingerprint density at radius 1 is 1.10 bits per heavy atom. The van der Waals surface area contributed by atoms with Gasteiger partial charge in [-0.2, -0.15) is 0 Å². The molecule has 0 atom stereocenters. The number of nitrogens with one attached hydrogen (secondary N) is 1. The Balaban J connectivity index is 1.51. The number of hydrogen-bond acceptors (Lipinski definition) is 4. The van der Waals surface area contributed by atoms with Crippen LogP contribution >= 0.6 is 0 Å². The molecule has 1 aromatic heterocycles. The monoisotopic (exact) mass is 272 g/mol. The summed E-state index contributed by atoms with van der Waals surface area (Å²) in [6.07, 6.45) is 6.18. The van der Waals surface area contributed by atoms with E-state index < -0.39 is 0 Å². The third kappa shape index (κ3) is 2.40. The fourth-order valence-electron chi connectivity index (χ4n) is 3.00. The SMILES string of the molecule is OC1CCC(Nc2ccc3oc(C4CC4)nc3c2)CC1. The molecule has 0 aliphatic heterocycles. The van der Waals surface area contributed by atoms with Crippen molar-refractivity contribution in [3.8, 4) is 0 Å². The van der Waals surface area contributed by atoms with Crippen molar-refractivity contribution < 1.29 is 9.52 Å². The molecule has 20 heavy (non-hydrogen) atoms. The van der Waals surface area contributed by atoms with Gasteiger partial charge in [-0.1, -0.05) is 0 Å². The Morgan fingerprint density at radius 3 is 2.65 bits per heavy atom. The number of benzene rings is 1. The normalized spacial score (nSPS) is 26.9. The standard InChI is InChI=1S/C16H20N2O2/c19-13-6-3-11(4-7-13)17-12-5-8-15-14(9-12)18-16(20-15)10-1-2-10/h5,8-11,13,17,19H,1-4,6-7H2. The number of nitrogens with zero attached hydrogens (tertiary/aromatic N) is 1. The molecule has 106 valence electrons. The van der Waals surface area contributed by atoms with Crippen molar-refractivity contribution >= 4 is 16.8 Å². The van der Waals surface area contributed by atoms with Crippen LogP contribution in [0.5, 0.6) is 0 Å². The van der Waals surface area contributed by atoms with Crippen LogP contribution in [0.25, 0.3) is 11.1 Å². The molecule has 0 unspecified atom stereocenters. The van der Waals surface area contributed by atoms with Crippen molar-refractivity contribution in [2.75, 3.05) is 5.32 Å². The zero-order valence-electron chi connectivity index (χ0n) is 11.5. The molecule has 2 N–H and O–H groups in total. The van der Waals surface area contributed by atoms with Crippen LogP contribution in [0.2, 0.25) is 0 Å². The summed E-state index contributed by atoms with van der Waals surface area (Å²) in [7, 11) is 0. The van der Waals surface area contributed by atoms with Gasteiger partial charge in [0.1, 0.15) is 5.52 Å². The predicted octanol–water partition coefficient (Wildman–Crippen LogP) is 3.42. The lowest BCUT2D eigenvalue weighted by Crippen LogP contribution is -2.28. The first-order valence-corrected chi connectivity index (χ1v) is 7.63. The molecule has 4 heteroatoms. The quantitative estimate of drug-likeness (QED) is 0.899. The van der Waals surface area contributed by atoms with E-state index in [2.05, 4.69) is 22.4 Å². The second-order valence-electron chi connectivity index (χ2n) is 6.16. The van der Waals surface area contributed by atoms with Crippen LogP contribution < -0.4 is 5.32 Å². The molecule has 2 aliphatic carbocycles. The average molecular weight is 272 g/mol. The number of oxazole rings is 1. The second-order valence-corrected chi connectivity index (χ2v) is 6.16. The molecule has 2 saturated carbocycles. The van der Waals surface area contributed by atoms with Crippen LogP contribution in [-0.4, -0.2) is 22.2 Å². The maximum absolute atomic E-state index is 9.54. The minimum absolute atomic E-state index is 0.104. The fraction of sp³-hybridized carbons (Fsp3) is 0.562. The zero-order chi connectivity index (χ0) is 13.5. The Labute approximate surface area is 118 Å². The third-order valence-electron chi connectivity index (χ3n) is 4.40. The number of fused-ring (bicyclic) bond motifs is 1. The molecular weight excluding hydrogens is 252 g/mol. The zero-order valence-corrected chi connectivity index (χ0v) is 11.5. The largest absolute Gasteiger partial charge is 0.440 e. The van der Waals surface area contributed by atoms with Crippen LogP contribution in [0.15, 0.2) is 22.6 Å². The molecule has 0 radical (unpaired) electrons. The van der Waals surface area contributed by atoms with Gasteiger partial charge in [0.15, 0.2) is 11.5 Å². The highest BCUT2D eigenvalue weighted by Crippen LogP contribution is 2.40. The Hall–Kier alpha value is -1.55. The van der Waals surface area contributed by atoms with E-state index >= 15 is 0 Å². The maximum Gasteiger partial charge on any atom is 0.198 e. The minimum atomic E-state index is -0.104. The maximum atomic E-state index is 9.54. The van der Waals surface area contributed by atoms with Gasteiger partial charge in [-0.3, -0.25) is 0 Å². The topological polar surface area (TPSA) is 58.3 Å². The van der Waals surface area contributed by atoms with Gasteiger partial charge in [0.2, 0.25) is 0 Å². The Kier molecular flexibility index (Phi) is 2.91. The molecule has 4 rings (SSSR count). The molecule has 1 aromatic carbocycles. The number of aromatic nitrogens is 1. The van der Waals surface area contributed by atoms with Gasteiger partial charge in [-0.05, 0) is 56.7 Å². The fourth-order valence-corrected chi connectivity index (χ4v) is 3.00. The molecule has 1 heterocycles. The number of rotatable bonds is 3. The van der Waals surface area contributed by atoms with Crippen molar-refractivity contribution in [3.05, 3.63) is 24.1 Å². The van der Waals surface area contributed by atoms with Gasteiger partial charge < -0.3 is 14.8 Å². The second kappa shape index (κ2) is 4.77. The van der Waals surface area contributed by atoms with E-state index in [1.807, 2.05) is 6.07 Å². The molecule has 0 saturated heterocycles. The first-order chi connectivity index (χ1) is 9.78. The van der Waals surface area contributed by atoms with E-state index in [4.69, 9.17) is 4.42 Å². The van der Waals surface area contributed by atoms with Crippen LogP contribution in [0.4, 0.5) is 5.69 Å². The summed E-state index contributed by atoms with van der Waals surface area (Å²) in [5, 5.41) is 13.1. The highest BCUT2D eigenvalue weighted by molar-refractivity contribution is 5.77. The van der Waals surface area contributed by atoms with Gasteiger partial charge in [0, 0.05) is 17.6 Å². The van der Waals surface area contributed by atoms with Crippen molar-refractivity contribution in [1.82, 2.24) is 4.98 Å². The highest BCUT2D eigenvalue weighted by Gasteiger charge is 2.29. The van der Waals surface area contributed by atoms with Crippen molar-refractivity contribution in [3.63, 3.8) is 0 Å². The lowest BCUT2D eigenvalue weighted by Gasteiger charge is -2.26. The molecule has 2 fully saturated rings. The number of anilines is 1. The van der Waals surface area contributed by atoms with Gasteiger partial charge >= 0.3 is 0 Å². The summed E-state index contributed by atoms with van der Waals surface area (Å²) in [6, 6.07) is 6.62. The highest BCUT2D eigenvalue weighted by atomic mass is 16.3. The minimum Gasteiger partial charge on any atom is -0.440 e. The summed E-state index contributed by atoms with van der Waals surface area (Å²) in [5.74, 6) is 1.46. The first-order valence-electron chi connectivity index (χ1n) is 7.63. The van der Waals surface area contributed by atoms with E-state index in [1.165, 1.54) is 12.8 Å². The summed E-state index contributed by atoms with van der Waals surface area (Å²) in [5.41, 5.74) is 2.94. The Morgan fingerprint density at radius 2 is 1.90 bits per heavy atom. The Bertz CT molecular complexity index is 610. The number of hydrogen-bond donors (Lipinski definition) is 2. The first kappa shape index (κ1) is 12.2. The van der Waals surface area contributed by atoms with Crippen molar-refractivity contribution in [1.29, 1.82) is 0 Å². The summed E-state index contributed by atoms with van der Waals surface area (Å²) in [4.78, 5) is 4.59. The molecule has 2 aliphatic rings. The van der Waals surface area contributed by atoms with E-state index in [-0.39, 0.29) is 6.10 Å². The van der Waals surface area contributed by atoms with Crippen molar-refractivity contribution in [2.24, 2.45) is 0 Å². The number of aliphatic hydroxyl groups excluding tert-OH is 1. The van der Waals surface area contributed by atoms with Gasteiger partial charge in [-0.25, -0.2) is 4.98 Å². The summed E-state index contributed by atoms with van der Waals surface area (Å²) in [6.45, 7) is 0. The molecular formula is C16H20N2O2. The lowest BCUT2D eigenvalue weighted by molar-refractivity contribution is 0.126. The molecule has 4 nitrogen and oxygen atoms in total.